The average molecular weight is 458 g/mol. The fraction of sp³-hybridized carbons (Fsp3) is 0.455. The Hall–Kier alpha value is -2.23. The van der Waals surface area contributed by atoms with Crippen LogP contribution in [0.3, 0.4) is 0 Å². The molecule has 0 unspecified atom stereocenters. The quantitative estimate of drug-likeness (QED) is 0.517. The van der Waals surface area contributed by atoms with Crippen LogP contribution in [0.25, 0.3) is 11.7 Å². The summed E-state index contributed by atoms with van der Waals surface area (Å²) in [6.45, 7) is 9.30. The standard InChI is InChI=1S/C22H27N5O2S2/c1-5-15(3)27-21(29)17(31-22(27)30)12-16-19(25-10-8-24(4)9-11-25)23-18-7-6-14(2)13-26(18)20(16)28/h6-7,12-13,15H,5,8-11H2,1-4H3/b17-12-/t15-/m0/s1. The molecule has 2 aliphatic heterocycles. The third-order valence-electron chi connectivity index (χ3n) is 5.92. The van der Waals surface area contributed by atoms with E-state index in [4.69, 9.17) is 17.2 Å². The molecule has 0 saturated carbocycles. The van der Waals surface area contributed by atoms with E-state index in [0.29, 0.717) is 26.3 Å². The first kappa shape index (κ1) is 22.0. The normalized spacial score (nSPS) is 20.3. The molecule has 2 aromatic rings. The van der Waals surface area contributed by atoms with Gasteiger partial charge in [-0.3, -0.25) is 18.9 Å². The van der Waals surface area contributed by atoms with Crippen LogP contribution in [-0.2, 0) is 4.79 Å². The van der Waals surface area contributed by atoms with Crippen molar-refractivity contribution in [3.63, 3.8) is 0 Å². The molecule has 1 atom stereocenters. The first-order chi connectivity index (χ1) is 14.8. The molecular formula is C22H27N5O2S2. The molecule has 2 saturated heterocycles. The van der Waals surface area contributed by atoms with E-state index >= 15 is 0 Å². The molecule has 7 nitrogen and oxygen atoms in total. The van der Waals surface area contributed by atoms with Gasteiger partial charge in [0, 0.05) is 38.4 Å². The van der Waals surface area contributed by atoms with Crippen molar-refractivity contribution in [1.82, 2.24) is 19.2 Å². The summed E-state index contributed by atoms with van der Waals surface area (Å²) in [5.41, 5.74) is 1.85. The minimum Gasteiger partial charge on any atom is -0.353 e. The minimum absolute atomic E-state index is 0.0222. The number of pyridine rings is 1. The predicted molar refractivity (Wildman–Crippen MR) is 131 cm³/mol. The first-order valence-corrected chi connectivity index (χ1v) is 11.8. The summed E-state index contributed by atoms with van der Waals surface area (Å²) in [7, 11) is 2.09. The Kier molecular flexibility index (Phi) is 6.18. The number of thiocarbonyl (C=S) groups is 1. The molecule has 0 bridgehead atoms. The Morgan fingerprint density at radius 1 is 1.23 bits per heavy atom. The van der Waals surface area contributed by atoms with Gasteiger partial charge >= 0.3 is 0 Å². The number of carbonyl (C=O) groups is 1. The summed E-state index contributed by atoms with van der Waals surface area (Å²) >= 11 is 6.72. The maximum absolute atomic E-state index is 13.5. The van der Waals surface area contributed by atoms with Crippen molar-refractivity contribution in [1.29, 1.82) is 0 Å². The SMILES string of the molecule is CC[C@H](C)N1C(=O)/C(=C/c2c(N3CCN(C)CC3)nc3ccc(C)cn3c2=O)SC1=S. The molecule has 2 fully saturated rings. The van der Waals surface area contributed by atoms with Gasteiger partial charge in [-0.2, -0.15) is 0 Å². The zero-order chi connectivity index (χ0) is 22.3. The van der Waals surface area contributed by atoms with Crippen molar-refractivity contribution in [3.05, 3.63) is 44.7 Å². The maximum atomic E-state index is 13.5. The molecular weight excluding hydrogens is 430 g/mol. The molecule has 9 heteroatoms. The van der Waals surface area contributed by atoms with E-state index in [2.05, 4.69) is 16.8 Å². The van der Waals surface area contributed by atoms with Crippen molar-refractivity contribution < 1.29 is 4.79 Å². The van der Waals surface area contributed by atoms with Crippen LogP contribution in [0.4, 0.5) is 5.82 Å². The second-order valence-electron chi connectivity index (χ2n) is 8.19. The molecule has 0 radical (unpaired) electrons. The maximum Gasteiger partial charge on any atom is 0.267 e. The highest BCUT2D eigenvalue weighted by Gasteiger charge is 2.35. The lowest BCUT2D eigenvalue weighted by Gasteiger charge is -2.34. The van der Waals surface area contributed by atoms with Gasteiger partial charge in [0.1, 0.15) is 15.8 Å². The second kappa shape index (κ2) is 8.72. The van der Waals surface area contributed by atoms with Crippen molar-refractivity contribution in [3.8, 4) is 0 Å². The van der Waals surface area contributed by atoms with Gasteiger partial charge in [-0.15, -0.1) is 0 Å². The largest absolute Gasteiger partial charge is 0.353 e. The summed E-state index contributed by atoms with van der Waals surface area (Å²) in [5.74, 6) is 0.498. The van der Waals surface area contributed by atoms with Gasteiger partial charge in [-0.05, 0) is 45.0 Å². The van der Waals surface area contributed by atoms with Crippen LogP contribution in [0.1, 0.15) is 31.4 Å². The Morgan fingerprint density at radius 3 is 2.61 bits per heavy atom. The van der Waals surface area contributed by atoms with E-state index in [-0.39, 0.29) is 17.5 Å². The summed E-state index contributed by atoms with van der Waals surface area (Å²) in [6, 6.07) is 3.84. The number of nitrogens with zero attached hydrogens (tertiary/aromatic N) is 5. The smallest absolute Gasteiger partial charge is 0.267 e. The molecule has 0 N–H and O–H groups in total. The van der Waals surface area contributed by atoms with Crippen LogP contribution in [0.15, 0.2) is 28.0 Å². The Morgan fingerprint density at radius 2 is 1.94 bits per heavy atom. The highest BCUT2D eigenvalue weighted by atomic mass is 32.2. The lowest BCUT2D eigenvalue weighted by atomic mass is 10.2. The number of amides is 1. The van der Waals surface area contributed by atoms with E-state index in [9.17, 15) is 9.59 Å². The Balaban J connectivity index is 1.86. The van der Waals surface area contributed by atoms with Gasteiger partial charge in [-0.25, -0.2) is 4.98 Å². The number of hydrogen-bond donors (Lipinski definition) is 0. The zero-order valence-electron chi connectivity index (χ0n) is 18.3. The van der Waals surface area contributed by atoms with E-state index in [1.165, 1.54) is 11.8 Å². The lowest BCUT2D eigenvalue weighted by molar-refractivity contribution is -0.123. The van der Waals surface area contributed by atoms with E-state index < -0.39 is 0 Å². The fourth-order valence-corrected chi connectivity index (χ4v) is 5.25. The molecule has 164 valence electrons. The topological polar surface area (TPSA) is 61.2 Å². The van der Waals surface area contributed by atoms with Crippen molar-refractivity contribution in [2.75, 3.05) is 38.1 Å². The van der Waals surface area contributed by atoms with Gasteiger partial charge in [-0.1, -0.05) is 37.0 Å². The summed E-state index contributed by atoms with van der Waals surface area (Å²) in [4.78, 5) is 38.0. The lowest BCUT2D eigenvalue weighted by Crippen LogP contribution is -2.45. The van der Waals surface area contributed by atoms with Crippen LogP contribution in [0.2, 0.25) is 0 Å². The zero-order valence-corrected chi connectivity index (χ0v) is 19.9. The van der Waals surface area contributed by atoms with Gasteiger partial charge in [0.05, 0.1) is 10.5 Å². The number of likely N-dealkylation sites (N-methyl/N-ethyl adjacent to an activating group) is 1. The van der Waals surface area contributed by atoms with Crippen LogP contribution >= 0.6 is 24.0 Å². The number of rotatable bonds is 4. The van der Waals surface area contributed by atoms with Gasteiger partial charge in [0.2, 0.25) is 0 Å². The molecule has 0 aromatic carbocycles. The third kappa shape index (κ3) is 4.14. The molecule has 31 heavy (non-hydrogen) atoms. The van der Waals surface area contributed by atoms with Crippen molar-refractivity contribution in [2.45, 2.75) is 33.2 Å². The van der Waals surface area contributed by atoms with E-state index in [1.807, 2.05) is 32.9 Å². The molecule has 2 aliphatic rings. The average Bonchev–Trinajstić information content (AvgIpc) is 3.03. The molecule has 1 amide bonds. The predicted octanol–water partition coefficient (Wildman–Crippen LogP) is 2.75. The molecule has 0 spiro atoms. The Labute approximate surface area is 191 Å². The number of thioether (sulfide) groups is 1. The monoisotopic (exact) mass is 457 g/mol. The minimum atomic E-state index is -0.170. The second-order valence-corrected chi connectivity index (χ2v) is 9.86. The molecule has 4 heterocycles. The number of aromatic nitrogens is 2. The first-order valence-electron chi connectivity index (χ1n) is 10.5. The number of hydrogen-bond acceptors (Lipinski definition) is 7. The number of carbonyl (C=O) groups excluding carboxylic acids is 1. The number of aryl methyl sites for hydroxylation is 1. The van der Waals surface area contributed by atoms with Crippen LogP contribution < -0.4 is 10.5 Å². The summed E-state index contributed by atoms with van der Waals surface area (Å²) < 4.78 is 2.10. The number of fused-ring (bicyclic) bond motifs is 1. The van der Waals surface area contributed by atoms with Crippen LogP contribution in [0, 0.1) is 6.92 Å². The third-order valence-corrected chi connectivity index (χ3v) is 7.25. The fourth-order valence-electron chi connectivity index (χ4n) is 3.81. The van der Waals surface area contributed by atoms with Gasteiger partial charge in [0.15, 0.2) is 0 Å². The summed E-state index contributed by atoms with van der Waals surface area (Å²) in [5, 5.41) is 0. The van der Waals surface area contributed by atoms with E-state index in [1.54, 1.807) is 21.6 Å². The van der Waals surface area contributed by atoms with Gasteiger partial charge in [0.25, 0.3) is 11.5 Å². The highest BCUT2D eigenvalue weighted by molar-refractivity contribution is 8.26. The van der Waals surface area contributed by atoms with Crippen molar-refractivity contribution >= 4 is 51.7 Å². The van der Waals surface area contributed by atoms with E-state index in [0.717, 1.165) is 38.2 Å². The molecule has 0 aliphatic carbocycles. The van der Waals surface area contributed by atoms with Crippen LogP contribution in [0.5, 0.6) is 0 Å². The highest BCUT2D eigenvalue weighted by Crippen LogP contribution is 2.35. The molecule has 4 rings (SSSR count). The van der Waals surface area contributed by atoms with Crippen molar-refractivity contribution in [2.24, 2.45) is 0 Å². The number of piperazine rings is 1. The van der Waals surface area contributed by atoms with Crippen LogP contribution in [-0.4, -0.2) is 68.7 Å². The number of anilines is 1. The van der Waals surface area contributed by atoms with Gasteiger partial charge < -0.3 is 9.80 Å². The molecule has 2 aromatic heterocycles. The summed E-state index contributed by atoms with van der Waals surface area (Å²) in [6.07, 6.45) is 4.30. The Bertz CT molecular complexity index is 1130.